The van der Waals surface area contributed by atoms with Gasteiger partial charge < -0.3 is 19.9 Å². The number of nitriles is 2. The average Bonchev–Trinajstić information content (AvgIpc) is 3.46. The number of halogens is 3. The lowest BCUT2D eigenvalue weighted by molar-refractivity contribution is -0.383. The van der Waals surface area contributed by atoms with E-state index in [1.54, 1.807) is 36.9 Å². The normalized spacial score (nSPS) is 10.8. The number of hydrogen-bond acceptors (Lipinski definition) is 10. The molecule has 0 spiro atoms. The molecule has 0 radical (unpaired) electrons. The molecule has 202 valence electrons. The highest BCUT2D eigenvalue weighted by atomic mass is 32.1. The van der Waals surface area contributed by atoms with Crippen molar-refractivity contribution < 1.29 is 22.8 Å². The summed E-state index contributed by atoms with van der Waals surface area (Å²) in [6, 6.07) is 17.3. The summed E-state index contributed by atoms with van der Waals surface area (Å²) in [4.78, 5) is 18.8. The van der Waals surface area contributed by atoms with E-state index < -0.39 is 11.3 Å². The molecule has 40 heavy (non-hydrogen) atoms. The fourth-order valence-electron chi connectivity index (χ4n) is 3.59. The molecule has 0 saturated heterocycles. The van der Waals surface area contributed by atoms with Gasteiger partial charge >= 0.3 is 6.36 Å². The topological polar surface area (TPSA) is 155 Å². The largest absolute Gasteiger partial charge is 0.573 e. The van der Waals surface area contributed by atoms with Crippen molar-refractivity contribution in [2.24, 2.45) is 7.05 Å². The molecule has 0 aliphatic carbocycles. The number of aromatic nitrogens is 3. The Kier molecular flexibility index (Phi) is 7.69. The molecule has 2 N–H and O–H groups in total. The van der Waals surface area contributed by atoms with E-state index in [-0.39, 0.29) is 11.4 Å². The Bertz CT molecular complexity index is 1820. The van der Waals surface area contributed by atoms with Crippen LogP contribution in [0.15, 0.2) is 54.6 Å². The second-order valence-electron chi connectivity index (χ2n) is 7.98. The van der Waals surface area contributed by atoms with Crippen LogP contribution in [0, 0.1) is 32.8 Å². The molecule has 0 saturated carbocycles. The van der Waals surface area contributed by atoms with E-state index in [2.05, 4.69) is 31.4 Å². The van der Waals surface area contributed by atoms with Crippen LogP contribution in [0.1, 0.15) is 11.1 Å². The summed E-state index contributed by atoms with van der Waals surface area (Å²) >= 11 is 1.18. The fourth-order valence-corrected chi connectivity index (χ4v) is 4.48. The zero-order valence-electron chi connectivity index (χ0n) is 20.6. The van der Waals surface area contributed by atoms with Gasteiger partial charge in [0.2, 0.25) is 5.95 Å². The van der Waals surface area contributed by atoms with Gasteiger partial charge in [0.05, 0.1) is 49.4 Å². The van der Waals surface area contributed by atoms with E-state index >= 15 is 0 Å². The number of anilines is 3. The SMILES string of the molecule is CNc1cc(C#N)ccc1[N+](=O)[O-].Cn1c(Nc2nc3ccc(OC(F)(F)F)cc3s2)nc2ccc(C#N)cc21. The number of alkyl halides is 3. The lowest BCUT2D eigenvalue weighted by Crippen LogP contribution is -2.16. The third-order valence-electron chi connectivity index (χ3n) is 5.41. The number of ether oxygens (including phenoxy) is 1. The quantitative estimate of drug-likeness (QED) is 0.187. The minimum Gasteiger partial charge on any atom is -0.406 e. The number of thiazole rings is 1. The maximum Gasteiger partial charge on any atom is 0.573 e. The van der Waals surface area contributed by atoms with Crippen molar-refractivity contribution in [1.29, 1.82) is 10.5 Å². The summed E-state index contributed by atoms with van der Waals surface area (Å²) in [5.74, 6) is 0.211. The molecule has 3 aromatic carbocycles. The molecule has 0 bridgehead atoms. The Morgan fingerprint density at radius 1 is 1.02 bits per heavy atom. The number of imidazole rings is 1. The maximum absolute atomic E-state index is 12.4. The van der Waals surface area contributed by atoms with Crippen LogP contribution in [0.3, 0.4) is 0 Å². The molecule has 0 unspecified atom stereocenters. The number of benzene rings is 3. The first-order valence-corrected chi connectivity index (χ1v) is 12.0. The van der Waals surface area contributed by atoms with Crippen LogP contribution in [0.25, 0.3) is 21.3 Å². The van der Waals surface area contributed by atoms with E-state index in [9.17, 15) is 23.3 Å². The smallest absolute Gasteiger partial charge is 0.406 e. The van der Waals surface area contributed by atoms with Crippen LogP contribution in [0.5, 0.6) is 5.75 Å². The monoisotopic (exact) mass is 566 g/mol. The minimum absolute atomic E-state index is 0.0264. The second kappa shape index (κ2) is 11.1. The Balaban J connectivity index is 0.000000240. The van der Waals surface area contributed by atoms with E-state index in [1.165, 1.54) is 47.7 Å². The summed E-state index contributed by atoms with van der Waals surface area (Å²) < 4.78 is 43.3. The van der Waals surface area contributed by atoms with Crippen LogP contribution in [0.4, 0.5) is 35.6 Å². The maximum atomic E-state index is 12.4. The third kappa shape index (κ3) is 6.17. The molecule has 15 heteroatoms. The van der Waals surface area contributed by atoms with Crippen molar-refractivity contribution in [1.82, 2.24) is 14.5 Å². The average molecular weight is 567 g/mol. The first-order valence-electron chi connectivity index (χ1n) is 11.2. The number of nitrogens with one attached hydrogen (secondary N) is 2. The van der Waals surface area contributed by atoms with Gasteiger partial charge in [0.15, 0.2) is 5.13 Å². The standard InChI is InChI=1S/C17H10F3N5OS.C8H7N3O2/c1-25-13-6-9(8-21)2-4-11(13)22-15(25)24-16-23-12-5-3-10(7-14(12)27-16)26-17(18,19)20;1-10-7-4-6(5-9)2-3-8(7)11(12)13/h2-7H,1H3,(H,22,23,24);2-4,10H,1H3. The molecule has 5 rings (SSSR count). The number of fused-ring (bicyclic) bond motifs is 2. The summed E-state index contributed by atoms with van der Waals surface area (Å²) in [5, 5.41) is 34.2. The highest BCUT2D eigenvalue weighted by Gasteiger charge is 2.31. The van der Waals surface area contributed by atoms with Gasteiger partial charge in [-0.25, -0.2) is 9.97 Å². The predicted molar refractivity (Wildman–Crippen MR) is 142 cm³/mol. The van der Waals surface area contributed by atoms with Crippen LogP contribution < -0.4 is 15.4 Å². The molecule has 0 amide bonds. The van der Waals surface area contributed by atoms with E-state index in [4.69, 9.17) is 10.5 Å². The number of nitro groups is 1. The third-order valence-corrected chi connectivity index (χ3v) is 6.35. The van der Waals surface area contributed by atoms with Gasteiger partial charge in [-0.2, -0.15) is 10.5 Å². The molecule has 5 aromatic rings. The molecule has 0 fully saturated rings. The number of hydrogen-bond donors (Lipinski definition) is 2. The van der Waals surface area contributed by atoms with Crippen molar-refractivity contribution in [2.75, 3.05) is 17.7 Å². The Hall–Kier alpha value is -5.41. The minimum atomic E-state index is -4.74. The molecule has 0 atom stereocenters. The summed E-state index contributed by atoms with van der Waals surface area (Å²) in [7, 11) is 3.37. The van der Waals surface area contributed by atoms with Crippen molar-refractivity contribution in [3.63, 3.8) is 0 Å². The fraction of sp³-hybridized carbons (Fsp3) is 0.120. The van der Waals surface area contributed by atoms with Crippen molar-refractivity contribution in [3.05, 3.63) is 75.8 Å². The van der Waals surface area contributed by atoms with Crippen LogP contribution >= 0.6 is 11.3 Å². The highest BCUT2D eigenvalue weighted by Crippen LogP contribution is 2.33. The lowest BCUT2D eigenvalue weighted by atomic mass is 10.2. The van der Waals surface area contributed by atoms with E-state index in [0.717, 1.165) is 5.52 Å². The van der Waals surface area contributed by atoms with Gasteiger partial charge in [-0.1, -0.05) is 11.3 Å². The van der Waals surface area contributed by atoms with Crippen LogP contribution in [-0.4, -0.2) is 32.9 Å². The van der Waals surface area contributed by atoms with Gasteiger partial charge in [0.25, 0.3) is 5.69 Å². The second-order valence-corrected chi connectivity index (χ2v) is 9.01. The van der Waals surface area contributed by atoms with Crippen molar-refractivity contribution in [3.8, 4) is 17.9 Å². The van der Waals surface area contributed by atoms with E-state index in [1.807, 2.05) is 6.07 Å². The Morgan fingerprint density at radius 2 is 1.70 bits per heavy atom. The number of nitro benzene ring substituents is 1. The van der Waals surface area contributed by atoms with Crippen molar-refractivity contribution >= 4 is 55.0 Å². The van der Waals surface area contributed by atoms with Gasteiger partial charge in [-0.3, -0.25) is 10.1 Å². The molecule has 0 aliphatic heterocycles. The van der Waals surface area contributed by atoms with Crippen LogP contribution in [-0.2, 0) is 7.05 Å². The van der Waals surface area contributed by atoms with Gasteiger partial charge in [0, 0.05) is 26.2 Å². The summed E-state index contributed by atoms with van der Waals surface area (Å²) in [5.41, 5.74) is 3.27. The number of nitrogens with zero attached hydrogens (tertiary/aromatic N) is 6. The zero-order valence-corrected chi connectivity index (χ0v) is 21.5. The summed E-state index contributed by atoms with van der Waals surface area (Å²) in [6.07, 6.45) is -4.74. The van der Waals surface area contributed by atoms with Crippen LogP contribution in [0.2, 0.25) is 0 Å². The Labute approximate surface area is 227 Å². The van der Waals surface area contributed by atoms with Gasteiger partial charge in [0.1, 0.15) is 11.4 Å². The number of rotatable bonds is 5. The first-order chi connectivity index (χ1) is 19.0. The Morgan fingerprint density at radius 3 is 2.35 bits per heavy atom. The lowest BCUT2D eigenvalue weighted by Gasteiger charge is -2.07. The molecule has 0 aliphatic rings. The first kappa shape index (κ1) is 27.6. The molecular formula is C25H17F3N8O3S. The predicted octanol–water partition coefficient (Wildman–Crippen LogP) is 6.21. The van der Waals surface area contributed by atoms with Crippen molar-refractivity contribution in [2.45, 2.75) is 6.36 Å². The zero-order chi connectivity index (χ0) is 29.0. The number of aryl methyl sites for hydroxylation is 1. The van der Waals surface area contributed by atoms with Gasteiger partial charge in [-0.15, -0.1) is 13.2 Å². The molecule has 2 aromatic heterocycles. The van der Waals surface area contributed by atoms with E-state index in [0.29, 0.717) is 43.6 Å². The highest BCUT2D eigenvalue weighted by molar-refractivity contribution is 7.22. The summed E-state index contributed by atoms with van der Waals surface area (Å²) in [6.45, 7) is 0. The molecular weight excluding hydrogens is 549 g/mol. The molecule has 11 nitrogen and oxygen atoms in total. The molecule has 2 heterocycles. The van der Waals surface area contributed by atoms with Gasteiger partial charge in [-0.05, 0) is 42.5 Å².